The maximum Gasteiger partial charge on any atom is 0.135 e. The van der Waals surface area contributed by atoms with E-state index in [1.54, 1.807) is 0 Å². The molecule has 0 amide bonds. The highest BCUT2D eigenvalue weighted by molar-refractivity contribution is 5.64. The SMILES string of the molecule is C=C(C)c1nc(-c2ccc(C[C@H](N)CCO)cc2)cn1C. The minimum absolute atomic E-state index is 0.00529. The Hall–Kier alpha value is -1.91. The van der Waals surface area contributed by atoms with Gasteiger partial charge in [0.25, 0.3) is 0 Å². The lowest BCUT2D eigenvalue weighted by Gasteiger charge is -2.09. The van der Waals surface area contributed by atoms with Crippen molar-refractivity contribution in [3.8, 4) is 11.3 Å². The zero-order chi connectivity index (χ0) is 15.4. The molecule has 0 aliphatic rings. The van der Waals surface area contributed by atoms with E-state index in [4.69, 9.17) is 10.8 Å². The van der Waals surface area contributed by atoms with Crippen LogP contribution in [0.1, 0.15) is 24.7 Å². The second-order valence-corrected chi connectivity index (χ2v) is 5.51. The molecule has 0 aliphatic carbocycles. The van der Waals surface area contributed by atoms with E-state index in [0.717, 1.165) is 29.1 Å². The van der Waals surface area contributed by atoms with Crippen LogP contribution in [0.4, 0.5) is 0 Å². The summed E-state index contributed by atoms with van der Waals surface area (Å²) in [6.07, 6.45) is 3.42. The number of aryl methyl sites for hydroxylation is 1. The highest BCUT2D eigenvalue weighted by Gasteiger charge is 2.08. The number of aliphatic hydroxyl groups excluding tert-OH is 1. The van der Waals surface area contributed by atoms with Gasteiger partial charge in [-0.05, 0) is 30.9 Å². The number of aliphatic hydroxyl groups is 1. The summed E-state index contributed by atoms with van der Waals surface area (Å²) in [5.41, 5.74) is 10.1. The fraction of sp³-hybridized carbons (Fsp3) is 0.353. The van der Waals surface area contributed by atoms with Crippen LogP contribution in [0.5, 0.6) is 0 Å². The number of benzene rings is 1. The molecule has 0 spiro atoms. The van der Waals surface area contributed by atoms with E-state index in [1.165, 1.54) is 5.56 Å². The van der Waals surface area contributed by atoms with Crippen molar-refractivity contribution in [3.63, 3.8) is 0 Å². The van der Waals surface area contributed by atoms with Crippen LogP contribution in [0.3, 0.4) is 0 Å². The molecule has 0 fully saturated rings. The molecule has 0 saturated carbocycles. The van der Waals surface area contributed by atoms with Crippen molar-refractivity contribution in [1.82, 2.24) is 9.55 Å². The number of allylic oxidation sites excluding steroid dienone is 1. The van der Waals surface area contributed by atoms with Gasteiger partial charge in [-0.3, -0.25) is 0 Å². The van der Waals surface area contributed by atoms with Crippen molar-refractivity contribution in [1.29, 1.82) is 0 Å². The highest BCUT2D eigenvalue weighted by Crippen LogP contribution is 2.21. The second-order valence-electron chi connectivity index (χ2n) is 5.51. The second kappa shape index (κ2) is 6.70. The Kier molecular flexibility index (Phi) is 4.94. The van der Waals surface area contributed by atoms with Gasteiger partial charge in [-0.1, -0.05) is 30.8 Å². The topological polar surface area (TPSA) is 64.1 Å². The van der Waals surface area contributed by atoms with Gasteiger partial charge in [0, 0.05) is 31.5 Å². The smallest absolute Gasteiger partial charge is 0.135 e. The third-order valence-electron chi connectivity index (χ3n) is 3.51. The lowest BCUT2D eigenvalue weighted by atomic mass is 10.0. The summed E-state index contributed by atoms with van der Waals surface area (Å²) in [7, 11) is 1.97. The summed E-state index contributed by atoms with van der Waals surface area (Å²) in [4.78, 5) is 4.61. The van der Waals surface area contributed by atoms with Crippen LogP contribution in [0.2, 0.25) is 0 Å². The molecule has 1 aromatic carbocycles. The lowest BCUT2D eigenvalue weighted by molar-refractivity contribution is 0.275. The predicted octanol–water partition coefficient (Wildman–Crippen LogP) is 2.37. The van der Waals surface area contributed by atoms with Gasteiger partial charge in [-0.2, -0.15) is 0 Å². The van der Waals surface area contributed by atoms with E-state index in [1.807, 2.05) is 24.7 Å². The molecule has 21 heavy (non-hydrogen) atoms. The molecule has 1 aromatic heterocycles. The Morgan fingerprint density at radius 3 is 2.57 bits per heavy atom. The average molecular weight is 285 g/mol. The van der Waals surface area contributed by atoms with Gasteiger partial charge < -0.3 is 15.4 Å². The summed E-state index contributed by atoms with van der Waals surface area (Å²) < 4.78 is 1.99. The van der Waals surface area contributed by atoms with E-state index in [2.05, 4.69) is 35.8 Å². The zero-order valence-electron chi connectivity index (χ0n) is 12.7. The third-order valence-corrected chi connectivity index (χ3v) is 3.51. The first-order valence-electron chi connectivity index (χ1n) is 7.16. The number of hydrogen-bond acceptors (Lipinski definition) is 3. The Labute approximate surface area is 125 Å². The highest BCUT2D eigenvalue weighted by atomic mass is 16.3. The summed E-state index contributed by atoms with van der Waals surface area (Å²) in [6.45, 7) is 6.03. The summed E-state index contributed by atoms with van der Waals surface area (Å²) in [6, 6.07) is 8.27. The van der Waals surface area contributed by atoms with E-state index < -0.39 is 0 Å². The van der Waals surface area contributed by atoms with Gasteiger partial charge >= 0.3 is 0 Å². The molecule has 1 heterocycles. The molecule has 0 aliphatic heterocycles. The molecule has 1 atom stereocenters. The van der Waals surface area contributed by atoms with Crippen LogP contribution in [-0.4, -0.2) is 27.3 Å². The maximum atomic E-state index is 8.88. The Morgan fingerprint density at radius 1 is 1.38 bits per heavy atom. The molecule has 0 radical (unpaired) electrons. The molecular formula is C17H23N3O. The molecule has 3 N–H and O–H groups in total. The van der Waals surface area contributed by atoms with Gasteiger partial charge in [-0.25, -0.2) is 4.98 Å². The average Bonchev–Trinajstić information content (AvgIpc) is 2.82. The van der Waals surface area contributed by atoms with Gasteiger partial charge in [-0.15, -0.1) is 0 Å². The Bertz CT molecular complexity index is 613. The number of rotatable bonds is 6. The fourth-order valence-corrected chi connectivity index (χ4v) is 2.38. The molecule has 2 aromatic rings. The standard InChI is InChI=1S/C17H23N3O/c1-12(2)17-19-16(11-20(17)3)14-6-4-13(5-7-14)10-15(18)8-9-21/h4-7,11,15,21H,1,8-10,18H2,2-3H3/t15-/m1/s1. The van der Waals surface area contributed by atoms with Crippen molar-refractivity contribution < 1.29 is 5.11 Å². The van der Waals surface area contributed by atoms with Crippen LogP contribution >= 0.6 is 0 Å². The monoisotopic (exact) mass is 285 g/mol. The van der Waals surface area contributed by atoms with Crippen LogP contribution < -0.4 is 5.73 Å². The van der Waals surface area contributed by atoms with Crippen LogP contribution in [-0.2, 0) is 13.5 Å². The number of nitrogens with zero attached hydrogens (tertiary/aromatic N) is 2. The predicted molar refractivity (Wildman–Crippen MR) is 86.7 cm³/mol. The van der Waals surface area contributed by atoms with Crippen LogP contribution in [0.25, 0.3) is 16.8 Å². The van der Waals surface area contributed by atoms with Gasteiger partial charge in [0.15, 0.2) is 0 Å². The summed E-state index contributed by atoms with van der Waals surface area (Å²) in [5.74, 6) is 0.902. The quantitative estimate of drug-likeness (QED) is 0.856. The minimum atomic E-state index is 0.00529. The molecule has 0 saturated heterocycles. The van der Waals surface area contributed by atoms with Crippen molar-refractivity contribution in [2.45, 2.75) is 25.8 Å². The van der Waals surface area contributed by atoms with E-state index >= 15 is 0 Å². The molecule has 0 unspecified atom stereocenters. The fourth-order valence-electron chi connectivity index (χ4n) is 2.38. The zero-order valence-corrected chi connectivity index (χ0v) is 12.7. The Balaban J connectivity index is 2.15. The first-order valence-corrected chi connectivity index (χ1v) is 7.16. The normalized spacial score (nSPS) is 12.4. The molecule has 0 bridgehead atoms. The molecule has 112 valence electrons. The van der Waals surface area contributed by atoms with E-state index in [-0.39, 0.29) is 12.6 Å². The number of imidazole rings is 1. The summed E-state index contributed by atoms with van der Waals surface area (Å²) in [5, 5.41) is 8.88. The third kappa shape index (κ3) is 3.80. The molecule has 4 nitrogen and oxygen atoms in total. The van der Waals surface area contributed by atoms with Gasteiger partial charge in [0.1, 0.15) is 5.82 Å². The largest absolute Gasteiger partial charge is 0.396 e. The van der Waals surface area contributed by atoms with Crippen LogP contribution in [0, 0.1) is 0 Å². The Morgan fingerprint density at radius 2 is 2.05 bits per heavy atom. The number of aromatic nitrogens is 2. The lowest BCUT2D eigenvalue weighted by Crippen LogP contribution is -2.23. The van der Waals surface area contributed by atoms with Crippen molar-refractivity contribution >= 4 is 5.57 Å². The van der Waals surface area contributed by atoms with Crippen molar-refractivity contribution in [2.75, 3.05) is 6.61 Å². The maximum absolute atomic E-state index is 8.88. The number of nitrogens with two attached hydrogens (primary N) is 1. The van der Waals surface area contributed by atoms with E-state index in [0.29, 0.717) is 6.42 Å². The number of hydrogen-bond donors (Lipinski definition) is 2. The molecule has 4 heteroatoms. The minimum Gasteiger partial charge on any atom is -0.396 e. The van der Waals surface area contributed by atoms with Crippen LogP contribution in [0.15, 0.2) is 37.0 Å². The van der Waals surface area contributed by atoms with Gasteiger partial charge in [0.2, 0.25) is 0 Å². The summed E-state index contributed by atoms with van der Waals surface area (Å²) >= 11 is 0. The molecule has 2 rings (SSSR count). The first kappa shape index (κ1) is 15.5. The van der Waals surface area contributed by atoms with Gasteiger partial charge in [0.05, 0.1) is 5.69 Å². The van der Waals surface area contributed by atoms with Crippen molar-refractivity contribution in [2.24, 2.45) is 12.8 Å². The van der Waals surface area contributed by atoms with Crippen molar-refractivity contribution in [3.05, 3.63) is 48.4 Å². The first-order chi connectivity index (χ1) is 10.0. The molecular weight excluding hydrogens is 262 g/mol. The van der Waals surface area contributed by atoms with E-state index in [9.17, 15) is 0 Å².